The Morgan fingerprint density at radius 2 is 2.05 bits per heavy atom. The highest BCUT2D eigenvalue weighted by molar-refractivity contribution is 7.89. The van der Waals surface area contributed by atoms with Gasteiger partial charge in [-0.05, 0) is 43.9 Å². The Bertz CT molecular complexity index is 660. The maximum Gasteiger partial charge on any atom is 0.289 e. The summed E-state index contributed by atoms with van der Waals surface area (Å²) >= 11 is 0. The SMILES string of the molecule is Cc1ccc(S(=O)(=O)N[C@@H]2CCCC[C@H]2CN)c([N+](=O)[O-])c1. The third-order valence-electron chi connectivity index (χ3n) is 4.12. The van der Waals surface area contributed by atoms with Crippen molar-refractivity contribution in [3.63, 3.8) is 0 Å². The first-order valence-corrected chi connectivity index (χ1v) is 8.81. The second kappa shape index (κ2) is 6.72. The van der Waals surface area contributed by atoms with E-state index < -0.39 is 20.6 Å². The number of rotatable bonds is 5. The number of hydrogen-bond donors (Lipinski definition) is 2. The van der Waals surface area contributed by atoms with Gasteiger partial charge in [0.25, 0.3) is 5.69 Å². The number of nitrogens with one attached hydrogen (secondary N) is 1. The summed E-state index contributed by atoms with van der Waals surface area (Å²) in [6, 6.07) is 3.86. The average Bonchev–Trinajstić information content (AvgIpc) is 2.47. The van der Waals surface area contributed by atoms with Gasteiger partial charge in [-0.1, -0.05) is 18.9 Å². The maximum absolute atomic E-state index is 12.5. The number of benzene rings is 1. The fourth-order valence-electron chi connectivity index (χ4n) is 2.91. The standard InChI is InChI=1S/C14H21N3O4S/c1-10-6-7-14(13(8-10)17(18)19)22(20,21)16-12-5-3-2-4-11(12)9-15/h6-8,11-12,16H,2-5,9,15H2,1H3/t11-,12+/m0/s1. The molecule has 2 rings (SSSR count). The highest BCUT2D eigenvalue weighted by atomic mass is 32.2. The fraction of sp³-hybridized carbons (Fsp3) is 0.571. The van der Waals surface area contributed by atoms with Gasteiger partial charge in [0.1, 0.15) is 0 Å². The van der Waals surface area contributed by atoms with Crippen molar-refractivity contribution in [2.75, 3.05) is 6.54 Å². The lowest BCUT2D eigenvalue weighted by molar-refractivity contribution is -0.387. The summed E-state index contributed by atoms with van der Waals surface area (Å²) in [7, 11) is -3.94. The molecule has 0 aromatic heterocycles. The van der Waals surface area contributed by atoms with E-state index in [1.54, 1.807) is 13.0 Å². The zero-order chi connectivity index (χ0) is 16.3. The molecule has 0 unspecified atom stereocenters. The summed E-state index contributed by atoms with van der Waals surface area (Å²) in [6.45, 7) is 2.09. The van der Waals surface area contributed by atoms with Gasteiger partial charge >= 0.3 is 0 Å². The Balaban J connectivity index is 2.32. The summed E-state index contributed by atoms with van der Waals surface area (Å²) in [5, 5.41) is 11.1. The monoisotopic (exact) mass is 327 g/mol. The average molecular weight is 327 g/mol. The molecule has 0 heterocycles. The van der Waals surface area contributed by atoms with Gasteiger partial charge in [-0.25, -0.2) is 13.1 Å². The Kier molecular flexibility index (Phi) is 5.15. The molecule has 22 heavy (non-hydrogen) atoms. The highest BCUT2D eigenvalue weighted by Crippen LogP contribution is 2.28. The van der Waals surface area contributed by atoms with Crippen molar-refractivity contribution in [1.82, 2.24) is 4.72 Å². The molecule has 1 fully saturated rings. The minimum atomic E-state index is -3.94. The van der Waals surface area contributed by atoms with Gasteiger partial charge in [0, 0.05) is 12.1 Å². The highest BCUT2D eigenvalue weighted by Gasteiger charge is 2.32. The fourth-order valence-corrected chi connectivity index (χ4v) is 4.40. The first-order valence-electron chi connectivity index (χ1n) is 7.32. The second-order valence-corrected chi connectivity index (χ2v) is 7.42. The molecule has 122 valence electrons. The number of hydrogen-bond acceptors (Lipinski definition) is 5. The summed E-state index contributed by atoms with van der Waals surface area (Å²) in [5.41, 5.74) is 5.95. The molecule has 0 spiro atoms. The van der Waals surface area contributed by atoms with Crippen LogP contribution < -0.4 is 10.5 Å². The molecule has 1 aromatic carbocycles. The lowest BCUT2D eigenvalue weighted by atomic mass is 9.85. The van der Waals surface area contributed by atoms with Gasteiger partial charge in [0.15, 0.2) is 4.90 Å². The number of nitrogens with zero attached hydrogens (tertiary/aromatic N) is 1. The third-order valence-corrected chi connectivity index (χ3v) is 5.66. The summed E-state index contributed by atoms with van der Waals surface area (Å²) < 4.78 is 27.7. The summed E-state index contributed by atoms with van der Waals surface area (Å²) in [6.07, 6.45) is 3.55. The van der Waals surface area contributed by atoms with Crippen LogP contribution in [0.5, 0.6) is 0 Å². The number of nitro groups is 1. The molecular weight excluding hydrogens is 306 g/mol. The minimum absolute atomic E-state index is 0.0769. The molecule has 2 atom stereocenters. The predicted molar refractivity (Wildman–Crippen MR) is 83.0 cm³/mol. The van der Waals surface area contributed by atoms with Crippen LogP contribution >= 0.6 is 0 Å². The van der Waals surface area contributed by atoms with Crippen LogP contribution in [-0.4, -0.2) is 25.9 Å². The van der Waals surface area contributed by atoms with E-state index in [4.69, 9.17) is 5.73 Å². The van der Waals surface area contributed by atoms with Crippen LogP contribution in [0.4, 0.5) is 5.69 Å². The Morgan fingerprint density at radius 1 is 1.36 bits per heavy atom. The molecule has 1 aliphatic carbocycles. The number of aryl methyl sites for hydroxylation is 1. The zero-order valence-corrected chi connectivity index (χ0v) is 13.3. The molecule has 1 aliphatic rings. The van der Waals surface area contributed by atoms with Crippen molar-refractivity contribution < 1.29 is 13.3 Å². The molecule has 1 saturated carbocycles. The smallest absolute Gasteiger partial charge is 0.289 e. The van der Waals surface area contributed by atoms with E-state index in [0.717, 1.165) is 19.3 Å². The van der Waals surface area contributed by atoms with E-state index >= 15 is 0 Å². The lowest BCUT2D eigenvalue weighted by Crippen LogP contribution is -2.44. The quantitative estimate of drug-likeness (QED) is 0.631. The predicted octanol–water partition coefficient (Wildman–Crippen LogP) is 1.70. The van der Waals surface area contributed by atoms with Gasteiger partial charge in [-0.15, -0.1) is 0 Å². The van der Waals surface area contributed by atoms with Crippen molar-refractivity contribution in [3.05, 3.63) is 33.9 Å². The number of nitrogens with two attached hydrogens (primary N) is 1. The van der Waals surface area contributed by atoms with Gasteiger partial charge in [0.2, 0.25) is 10.0 Å². The Morgan fingerprint density at radius 3 is 2.68 bits per heavy atom. The number of sulfonamides is 1. The Labute approximate surface area is 130 Å². The van der Waals surface area contributed by atoms with E-state index in [2.05, 4.69) is 4.72 Å². The van der Waals surface area contributed by atoms with Crippen LogP contribution in [0.1, 0.15) is 31.2 Å². The maximum atomic E-state index is 12.5. The van der Waals surface area contributed by atoms with E-state index in [-0.39, 0.29) is 16.9 Å². The van der Waals surface area contributed by atoms with Crippen LogP contribution in [0.25, 0.3) is 0 Å². The van der Waals surface area contributed by atoms with Crippen LogP contribution in [0.3, 0.4) is 0 Å². The van der Waals surface area contributed by atoms with Crippen LogP contribution in [0, 0.1) is 23.0 Å². The van der Waals surface area contributed by atoms with E-state index in [1.165, 1.54) is 12.1 Å². The topological polar surface area (TPSA) is 115 Å². The van der Waals surface area contributed by atoms with Gasteiger partial charge in [-0.3, -0.25) is 10.1 Å². The number of nitro benzene ring substituents is 1. The largest absolute Gasteiger partial charge is 0.330 e. The molecule has 1 aromatic rings. The lowest BCUT2D eigenvalue weighted by Gasteiger charge is -2.30. The molecule has 7 nitrogen and oxygen atoms in total. The van der Waals surface area contributed by atoms with Crippen molar-refractivity contribution in [3.8, 4) is 0 Å². The molecule has 0 radical (unpaired) electrons. The summed E-state index contributed by atoms with van der Waals surface area (Å²) in [4.78, 5) is 10.2. The van der Waals surface area contributed by atoms with Crippen LogP contribution in [0.2, 0.25) is 0 Å². The van der Waals surface area contributed by atoms with Crippen LogP contribution in [-0.2, 0) is 10.0 Å². The van der Waals surface area contributed by atoms with Gasteiger partial charge in [0.05, 0.1) is 4.92 Å². The minimum Gasteiger partial charge on any atom is -0.330 e. The molecule has 8 heteroatoms. The first kappa shape index (κ1) is 16.9. The van der Waals surface area contributed by atoms with Crippen molar-refractivity contribution in [2.45, 2.75) is 43.5 Å². The molecular formula is C14H21N3O4S. The second-order valence-electron chi connectivity index (χ2n) is 5.74. The van der Waals surface area contributed by atoms with E-state index in [9.17, 15) is 18.5 Å². The van der Waals surface area contributed by atoms with E-state index in [0.29, 0.717) is 18.5 Å². The van der Waals surface area contributed by atoms with Gasteiger partial charge in [-0.2, -0.15) is 0 Å². The third kappa shape index (κ3) is 3.63. The van der Waals surface area contributed by atoms with Crippen molar-refractivity contribution in [1.29, 1.82) is 0 Å². The first-order chi connectivity index (χ1) is 10.3. The molecule has 3 N–H and O–H groups in total. The van der Waals surface area contributed by atoms with Crippen molar-refractivity contribution in [2.24, 2.45) is 11.7 Å². The molecule has 0 bridgehead atoms. The van der Waals surface area contributed by atoms with E-state index in [1.807, 2.05) is 0 Å². The normalized spacial score (nSPS) is 22.5. The van der Waals surface area contributed by atoms with Crippen LogP contribution in [0.15, 0.2) is 23.1 Å². The zero-order valence-electron chi connectivity index (χ0n) is 12.5. The molecule has 0 saturated heterocycles. The molecule has 0 amide bonds. The Hall–Kier alpha value is -1.51. The van der Waals surface area contributed by atoms with Gasteiger partial charge < -0.3 is 5.73 Å². The van der Waals surface area contributed by atoms with Crippen molar-refractivity contribution >= 4 is 15.7 Å². The molecule has 0 aliphatic heterocycles. The summed E-state index contributed by atoms with van der Waals surface area (Å²) in [5.74, 6) is 0.0769.